The van der Waals surface area contributed by atoms with Crippen LogP contribution in [0.15, 0.2) is 54.7 Å². The number of para-hydroxylation sites is 1. The summed E-state index contributed by atoms with van der Waals surface area (Å²) in [6.07, 6.45) is 1.28. The minimum Gasteiger partial charge on any atom is -0.508 e. The van der Waals surface area contributed by atoms with Gasteiger partial charge in [0.2, 0.25) is 23.6 Å². The molecule has 1 aromatic heterocycles. The van der Waals surface area contributed by atoms with Crippen molar-refractivity contribution in [2.45, 2.75) is 37.4 Å². The van der Waals surface area contributed by atoms with E-state index in [1.807, 2.05) is 24.3 Å². The maximum atomic E-state index is 13.2. The minimum absolute atomic E-state index is 0.00108. The Labute approximate surface area is 222 Å². The molecule has 3 rings (SSSR count). The topological polar surface area (TPSA) is 230 Å². The first kappa shape index (κ1) is 28.7. The minimum atomic E-state index is -1.48. The molecule has 0 radical (unpaired) electrons. The maximum absolute atomic E-state index is 13.2. The molecular weight excluding hydrogens is 508 g/mol. The lowest BCUT2D eigenvalue weighted by molar-refractivity contribution is -0.138. The highest BCUT2D eigenvalue weighted by atomic mass is 16.4. The van der Waals surface area contributed by atoms with Crippen LogP contribution in [0.25, 0.3) is 10.9 Å². The number of benzene rings is 2. The maximum Gasteiger partial charge on any atom is 0.322 e. The highest BCUT2D eigenvalue weighted by Crippen LogP contribution is 2.19. The Morgan fingerprint density at radius 2 is 1.54 bits per heavy atom. The second kappa shape index (κ2) is 13.1. The first-order valence-corrected chi connectivity index (χ1v) is 12.0. The fourth-order valence-electron chi connectivity index (χ4n) is 3.95. The highest BCUT2D eigenvalue weighted by molar-refractivity contribution is 5.96. The van der Waals surface area contributed by atoms with Gasteiger partial charge in [-0.05, 0) is 35.7 Å². The van der Waals surface area contributed by atoms with Gasteiger partial charge in [0.05, 0.1) is 12.5 Å². The number of carbonyl (C=O) groups excluding carboxylic acids is 4. The Morgan fingerprint density at radius 3 is 2.21 bits per heavy atom. The van der Waals surface area contributed by atoms with Gasteiger partial charge in [-0.15, -0.1) is 0 Å². The number of carboxylic acids is 1. The third kappa shape index (κ3) is 8.30. The van der Waals surface area contributed by atoms with E-state index in [0.717, 1.165) is 16.5 Å². The smallest absolute Gasteiger partial charge is 0.322 e. The second-order valence-electron chi connectivity index (χ2n) is 8.95. The van der Waals surface area contributed by atoms with Crippen LogP contribution in [-0.2, 0) is 36.8 Å². The van der Waals surface area contributed by atoms with Crippen molar-refractivity contribution in [3.05, 3.63) is 65.9 Å². The van der Waals surface area contributed by atoms with Crippen LogP contribution < -0.4 is 27.4 Å². The van der Waals surface area contributed by atoms with E-state index >= 15 is 0 Å². The van der Waals surface area contributed by atoms with E-state index in [4.69, 9.17) is 16.6 Å². The van der Waals surface area contributed by atoms with Gasteiger partial charge in [0.15, 0.2) is 0 Å². The summed E-state index contributed by atoms with van der Waals surface area (Å²) in [5.41, 5.74) is 13.6. The second-order valence-corrected chi connectivity index (χ2v) is 8.95. The SMILES string of the molecule is NC(=O)CC(NC(=O)C(Cc1ccc(O)cc1)NC(=O)C(N)Cc1c[nH]c2ccccc12)C(=O)NCC(=O)O. The fraction of sp³-hybridized carbons (Fsp3) is 0.269. The lowest BCUT2D eigenvalue weighted by atomic mass is 10.0. The molecule has 0 bridgehead atoms. The van der Waals surface area contributed by atoms with Crippen molar-refractivity contribution in [1.82, 2.24) is 20.9 Å². The number of aromatic amines is 1. The Bertz CT molecular complexity index is 1350. The monoisotopic (exact) mass is 538 g/mol. The predicted molar refractivity (Wildman–Crippen MR) is 140 cm³/mol. The average molecular weight is 539 g/mol. The van der Waals surface area contributed by atoms with Gasteiger partial charge in [0, 0.05) is 23.5 Å². The zero-order valence-corrected chi connectivity index (χ0v) is 20.8. The number of hydrogen-bond acceptors (Lipinski definition) is 7. The molecule has 3 aromatic rings. The van der Waals surface area contributed by atoms with Crippen LogP contribution in [0.1, 0.15) is 17.5 Å². The van der Waals surface area contributed by atoms with Crippen molar-refractivity contribution in [2.24, 2.45) is 11.5 Å². The number of nitrogens with one attached hydrogen (secondary N) is 4. The van der Waals surface area contributed by atoms with E-state index < -0.39 is 60.7 Å². The number of carbonyl (C=O) groups is 5. The van der Waals surface area contributed by atoms with Gasteiger partial charge in [-0.2, -0.15) is 0 Å². The van der Waals surface area contributed by atoms with Crippen molar-refractivity contribution in [3.8, 4) is 5.75 Å². The van der Waals surface area contributed by atoms with Gasteiger partial charge in [-0.25, -0.2) is 0 Å². The van der Waals surface area contributed by atoms with Crippen LogP contribution in [0.5, 0.6) is 5.75 Å². The third-order valence-corrected chi connectivity index (χ3v) is 5.91. The number of primary amides is 1. The van der Waals surface area contributed by atoms with Crippen LogP contribution in [-0.4, -0.2) is 69.5 Å². The number of aromatic nitrogens is 1. The molecule has 0 aliphatic carbocycles. The van der Waals surface area contributed by atoms with Gasteiger partial charge >= 0.3 is 5.97 Å². The first-order chi connectivity index (χ1) is 18.5. The van der Waals surface area contributed by atoms with E-state index in [2.05, 4.69) is 20.9 Å². The number of phenolic OH excluding ortho intramolecular Hbond substituents is 1. The van der Waals surface area contributed by atoms with Crippen LogP contribution in [0.3, 0.4) is 0 Å². The van der Waals surface area contributed by atoms with Gasteiger partial charge in [-0.3, -0.25) is 24.0 Å². The largest absolute Gasteiger partial charge is 0.508 e. The zero-order valence-electron chi connectivity index (χ0n) is 20.8. The molecule has 3 atom stereocenters. The summed E-state index contributed by atoms with van der Waals surface area (Å²) in [5.74, 6) is -4.63. The molecule has 0 fully saturated rings. The molecule has 206 valence electrons. The lowest BCUT2D eigenvalue weighted by Gasteiger charge is -2.24. The van der Waals surface area contributed by atoms with Crippen molar-refractivity contribution in [2.75, 3.05) is 6.54 Å². The number of carboxylic acid groups (broad SMARTS) is 1. The number of aromatic hydroxyl groups is 1. The Hall–Kier alpha value is -4.91. The highest BCUT2D eigenvalue weighted by Gasteiger charge is 2.29. The summed E-state index contributed by atoms with van der Waals surface area (Å²) in [4.78, 5) is 64.1. The van der Waals surface area contributed by atoms with Crippen molar-refractivity contribution >= 4 is 40.5 Å². The Kier molecular flexibility index (Phi) is 9.59. The lowest BCUT2D eigenvalue weighted by Crippen LogP contribution is -2.57. The van der Waals surface area contributed by atoms with Gasteiger partial charge < -0.3 is 42.6 Å². The number of fused-ring (bicyclic) bond motifs is 1. The van der Waals surface area contributed by atoms with Gasteiger partial charge in [-0.1, -0.05) is 30.3 Å². The summed E-state index contributed by atoms with van der Waals surface area (Å²) in [6.45, 7) is -0.736. The van der Waals surface area contributed by atoms with Crippen molar-refractivity contribution in [3.63, 3.8) is 0 Å². The average Bonchev–Trinajstić information content (AvgIpc) is 3.30. The molecule has 39 heavy (non-hydrogen) atoms. The third-order valence-electron chi connectivity index (χ3n) is 5.91. The van der Waals surface area contributed by atoms with E-state index in [1.54, 1.807) is 18.3 Å². The molecular formula is C26H30N6O7. The summed E-state index contributed by atoms with van der Waals surface area (Å²) in [5, 5.41) is 26.3. The Morgan fingerprint density at radius 1 is 0.872 bits per heavy atom. The number of phenols is 1. The summed E-state index contributed by atoms with van der Waals surface area (Å²) in [7, 11) is 0. The van der Waals surface area contributed by atoms with Crippen LogP contribution >= 0.6 is 0 Å². The number of rotatable bonds is 13. The molecule has 0 saturated carbocycles. The molecule has 0 aliphatic heterocycles. The summed E-state index contributed by atoms with van der Waals surface area (Å²) in [6, 6.07) is 9.68. The fourth-order valence-corrected chi connectivity index (χ4v) is 3.95. The normalized spacial score (nSPS) is 13.2. The van der Waals surface area contributed by atoms with E-state index in [-0.39, 0.29) is 18.6 Å². The van der Waals surface area contributed by atoms with Crippen LogP contribution in [0.4, 0.5) is 0 Å². The van der Waals surface area contributed by atoms with Crippen LogP contribution in [0, 0.1) is 0 Å². The molecule has 4 amide bonds. The standard InChI is InChI=1S/C26H30N6O7/c27-18(10-15-12-29-19-4-2-1-3-17(15)19)24(37)31-20(9-14-5-7-16(33)8-6-14)26(39)32-21(11-22(28)34)25(38)30-13-23(35)36/h1-8,12,18,20-21,29,33H,9-11,13,27H2,(H2,28,34)(H,30,38)(H,31,37)(H,32,39)(H,35,36). The molecule has 3 unspecified atom stereocenters. The number of nitrogens with two attached hydrogens (primary N) is 2. The Balaban J connectivity index is 1.77. The number of H-pyrrole nitrogens is 1. The molecule has 2 aromatic carbocycles. The number of amides is 4. The number of aliphatic carboxylic acids is 1. The quantitative estimate of drug-likeness (QED) is 0.135. The summed E-state index contributed by atoms with van der Waals surface area (Å²) < 4.78 is 0. The molecule has 0 saturated heterocycles. The molecule has 10 N–H and O–H groups in total. The van der Waals surface area contributed by atoms with E-state index in [0.29, 0.717) is 5.56 Å². The van der Waals surface area contributed by atoms with Gasteiger partial charge in [0.25, 0.3) is 0 Å². The van der Waals surface area contributed by atoms with E-state index in [1.165, 1.54) is 12.1 Å². The number of hydrogen-bond donors (Lipinski definition) is 8. The molecule has 0 aliphatic rings. The molecule has 1 heterocycles. The predicted octanol–water partition coefficient (Wildman–Crippen LogP) is -0.968. The summed E-state index contributed by atoms with van der Waals surface area (Å²) >= 11 is 0. The van der Waals surface area contributed by atoms with Crippen molar-refractivity contribution in [1.29, 1.82) is 0 Å². The van der Waals surface area contributed by atoms with Gasteiger partial charge in [0.1, 0.15) is 24.4 Å². The van der Waals surface area contributed by atoms with Crippen molar-refractivity contribution < 1.29 is 34.2 Å². The van der Waals surface area contributed by atoms with E-state index in [9.17, 15) is 29.1 Å². The zero-order chi connectivity index (χ0) is 28.5. The molecule has 13 nitrogen and oxygen atoms in total. The van der Waals surface area contributed by atoms with Crippen LogP contribution in [0.2, 0.25) is 0 Å². The first-order valence-electron chi connectivity index (χ1n) is 12.0. The molecule has 0 spiro atoms. The molecule has 13 heteroatoms.